The number of anilines is 1. The number of fused-ring (bicyclic) bond motifs is 1. The van der Waals surface area contributed by atoms with E-state index in [4.69, 9.17) is 23.2 Å². The van der Waals surface area contributed by atoms with Gasteiger partial charge in [-0.15, -0.1) is 0 Å². The fourth-order valence-electron chi connectivity index (χ4n) is 2.66. The molecule has 0 aliphatic carbocycles. The minimum Gasteiger partial charge on any atom is -0.325 e. The van der Waals surface area contributed by atoms with Gasteiger partial charge in [-0.1, -0.05) is 47.1 Å². The van der Waals surface area contributed by atoms with Gasteiger partial charge in [0, 0.05) is 15.7 Å². The zero-order valence-electron chi connectivity index (χ0n) is 14.7. The fourth-order valence-corrected chi connectivity index (χ4v) is 3.69. The third-order valence-electron chi connectivity index (χ3n) is 3.92. The van der Waals surface area contributed by atoms with E-state index in [2.05, 4.69) is 20.4 Å². The van der Waals surface area contributed by atoms with Crippen molar-refractivity contribution in [3.8, 4) is 5.69 Å². The van der Waals surface area contributed by atoms with Crippen LogP contribution >= 0.6 is 35.0 Å². The second kappa shape index (κ2) is 8.28. The molecule has 0 aliphatic rings. The minimum absolute atomic E-state index is 0.0618. The predicted octanol–water partition coefficient (Wildman–Crippen LogP) is 4.15. The van der Waals surface area contributed by atoms with E-state index in [1.54, 1.807) is 42.5 Å². The van der Waals surface area contributed by atoms with Gasteiger partial charge in [0.2, 0.25) is 5.91 Å². The highest BCUT2D eigenvalue weighted by Crippen LogP contribution is 2.20. The highest BCUT2D eigenvalue weighted by molar-refractivity contribution is 7.99. The van der Waals surface area contributed by atoms with E-state index < -0.39 is 0 Å². The molecular weight excluding hydrogens is 433 g/mol. The number of carbonyl (C=O) groups excluding carboxylic acids is 1. The molecule has 2 aromatic carbocycles. The van der Waals surface area contributed by atoms with Gasteiger partial charge in [-0.2, -0.15) is 5.10 Å². The molecule has 4 aromatic rings. The summed E-state index contributed by atoms with van der Waals surface area (Å²) in [6, 6.07) is 13.9. The van der Waals surface area contributed by atoms with Crippen molar-refractivity contribution in [2.24, 2.45) is 0 Å². The van der Waals surface area contributed by atoms with E-state index >= 15 is 0 Å². The Labute approximate surface area is 179 Å². The summed E-state index contributed by atoms with van der Waals surface area (Å²) in [5.74, 6) is -0.185. The van der Waals surface area contributed by atoms with Crippen LogP contribution in [0.5, 0.6) is 0 Å². The molecule has 0 bridgehead atoms. The number of hydrogen-bond acceptors (Lipinski definition) is 5. The number of aromatic nitrogens is 4. The molecule has 29 heavy (non-hydrogen) atoms. The van der Waals surface area contributed by atoms with Crippen LogP contribution in [0.25, 0.3) is 16.7 Å². The number of nitrogens with zero attached hydrogens (tertiary/aromatic N) is 3. The highest BCUT2D eigenvalue weighted by Gasteiger charge is 2.13. The molecule has 7 nitrogen and oxygen atoms in total. The van der Waals surface area contributed by atoms with Crippen molar-refractivity contribution >= 4 is 57.6 Å². The topological polar surface area (TPSA) is 92.7 Å². The van der Waals surface area contributed by atoms with Gasteiger partial charge in [-0.3, -0.25) is 9.59 Å². The summed E-state index contributed by atoms with van der Waals surface area (Å²) in [7, 11) is 0. The first-order chi connectivity index (χ1) is 14.0. The molecule has 2 heterocycles. The van der Waals surface area contributed by atoms with Gasteiger partial charge >= 0.3 is 0 Å². The van der Waals surface area contributed by atoms with Crippen LogP contribution in [0.3, 0.4) is 0 Å². The second-order valence-corrected chi connectivity index (χ2v) is 7.83. The lowest BCUT2D eigenvalue weighted by molar-refractivity contribution is -0.113. The molecule has 0 atom stereocenters. The van der Waals surface area contributed by atoms with E-state index in [9.17, 15) is 9.59 Å². The van der Waals surface area contributed by atoms with Gasteiger partial charge in [0.15, 0.2) is 10.8 Å². The van der Waals surface area contributed by atoms with Crippen LogP contribution in [0.15, 0.2) is 64.7 Å². The predicted molar refractivity (Wildman–Crippen MR) is 115 cm³/mol. The normalized spacial score (nSPS) is 11.0. The van der Waals surface area contributed by atoms with Gasteiger partial charge in [0.1, 0.15) is 5.39 Å². The van der Waals surface area contributed by atoms with Crippen molar-refractivity contribution in [1.29, 1.82) is 0 Å². The Bertz CT molecular complexity index is 1270. The lowest BCUT2D eigenvalue weighted by Crippen LogP contribution is -2.15. The molecule has 146 valence electrons. The number of halogens is 2. The first-order valence-electron chi connectivity index (χ1n) is 8.42. The van der Waals surface area contributed by atoms with E-state index in [1.807, 2.05) is 6.07 Å². The fraction of sp³-hybridized carbons (Fsp3) is 0.0526. The number of amides is 1. The number of carbonyl (C=O) groups is 1. The van der Waals surface area contributed by atoms with Crippen molar-refractivity contribution in [1.82, 2.24) is 19.7 Å². The average Bonchev–Trinajstić information content (AvgIpc) is 3.11. The molecule has 0 saturated carbocycles. The monoisotopic (exact) mass is 445 g/mol. The van der Waals surface area contributed by atoms with Gasteiger partial charge in [-0.05, 0) is 36.4 Å². The van der Waals surface area contributed by atoms with Gasteiger partial charge in [0.05, 0.1) is 17.6 Å². The van der Waals surface area contributed by atoms with Crippen molar-refractivity contribution in [2.75, 3.05) is 11.1 Å². The van der Waals surface area contributed by atoms with E-state index in [0.29, 0.717) is 37.6 Å². The maximum absolute atomic E-state index is 12.4. The van der Waals surface area contributed by atoms with Gasteiger partial charge < -0.3 is 10.3 Å². The Morgan fingerprint density at radius 1 is 1.14 bits per heavy atom. The van der Waals surface area contributed by atoms with E-state index in [1.165, 1.54) is 10.9 Å². The molecule has 10 heteroatoms. The Morgan fingerprint density at radius 2 is 1.90 bits per heavy atom. The van der Waals surface area contributed by atoms with E-state index in [0.717, 1.165) is 11.8 Å². The lowest BCUT2D eigenvalue weighted by Gasteiger charge is -2.06. The number of H-pyrrole nitrogens is 1. The number of benzene rings is 2. The first-order valence-corrected chi connectivity index (χ1v) is 10.2. The number of thioether (sulfide) groups is 1. The lowest BCUT2D eigenvalue weighted by atomic mass is 10.3. The molecule has 4 rings (SSSR count). The highest BCUT2D eigenvalue weighted by atomic mass is 35.5. The molecule has 2 aromatic heterocycles. The van der Waals surface area contributed by atoms with Gasteiger partial charge in [0.25, 0.3) is 5.56 Å². The zero-order valence-corrected chi connectivity index (χ0v) is 17.1. The summed E-state index contributed by atoms with van der Waals surface area (Å²) in [4.78, 5) is 31.7. The Morgan fingerprint density at radius 3 is 2.66 bits per heavy atom. The van der Waals surface area contributed by atoms with Crippen LogP contribution in [0.1, 0.15) is 0 Å². The first kappa shape index (κ1) is 19.5. The second-order valence-electron chi connectivity index (χ2n) is 5.99. The van der Waals surface area contributed by atoms with Crippen LogP contribution in [-0.4, -0.2) is 31.4 Å². The summed E-state index contributed by atoms with van der Waals surface area (Å²) >= 11 is 13.1. The van der Waals surface area contributed by atoms with Crippen molar-refractivity contribution in [3.63, 3.8) is 0 Å². The summed E-state index contributed by atoms with van der Waals surface area (Å²) < 4.78 is 1.53. The molecule has 0 spiro atoms. The maximum Gasteiger partial charge on any atom is 0.262 e. The average molecular weight is 446 g/mol. The minimum atomic E-state index is -0.332. The van der Waals surface area contributed by atoms with Crippen LogP contribution in [-0.2, 0) is 4.79 Å². The Balaban J connectivity index is 1.56. The van der Waals surface area contributed by atoms with Crippen LogP contribution in [0, 0.1) is 0 Å². The van der Waals surface area contributed by atoms with Crippen LogP contribution in [0.2, 0.25) is 10.0 Å². The SMILES string of the molecule is O=C(CSc1nc2c(cnn2-c2cccc(Cl)c2)c(=O)[nH]1)Nc1cccc(Cl)c1. The molecule has 0 aliphatic heterocycles. The molecule has 0 unspecified atom stereocenters. The quantitative estimate of drug-likeness (QED) is 0.355. The molecule has 2 N–H and O–H groups in total. The summed E-state index contributed by atoms with van der Waals surface area (Å²) in [6.45, 7) is 0. The molecule has 0 saturated heterocycles. The number of aromatic amines is 1. The standard InChI is InChI=1S/C19H13Cl2N5O2S/c20-11-3-1-5-13(7-11)23-16(27)10-29-19-24-17-15(18(28)25-19)9-22-26(17)14-6-2-4-12(21)8-14/h1-9H,10H2,(H,23,27)(H,24,25,28). The van der Waals surface area contributed by atoms with Crippen LogP contribution < -0.4 is 10.9 Å². The van der Waals surface area contributed by atoms with Crippen molar-refractivity contribution in [2.45, 2.75) is 5.16 Å². The van der Waals surface area contributed by atoms with E-state index in [-0.39, 0.29) is 17.2 Å². The molecule has 0 fully saturated rings. The number of nitrogens with one attached hydrogen (secondary N) is 2. The Kier molecular flexibility index (Phi) is 5.57. The summed E-state index contributed by atoms with van der Waals surface area (Å²) in [6.07, 6.45) is 1.45. The third-order valence-corrected chi connectivity index (χ3v) is 5.26. The third kappa shape index (κ3) is 4.45. The summed E-state index contributed by atoms with van der Waals surface area (Å²) in [5.41, 5.74) is 1.33. The largest absolute Gasteiger partial charge is 0.325 e. The smallest absolute Gasteiger partial charge is 0.262 e. The van der Waals surface area contributed by atoms with Crippen molar-refractivity contribution in [3.05, 3.63) is 75.1 Å². The molecule has 0 radical (unpaired) electrons. The number of hydrogen-bond donors (Lipinski definition) is 2. The molecular formula is C19H13Cl2N5O2S. The zero-order chi connectivity index (χ0) is 20.4. The maximum atomic E-state index is 12.4. The number of rotatable bonds is 5. The molecule has 1 amide bonds. The van der Waals surface area contributed by atoms with Gasteiger partial charge in [-0.25, -0.2) is 9.67 Å². The van der Waals surface area contributed by atoms with Crippen molar-refractivity contribution < 1.29 is 4.79 Å². The summed E-state index contributed by atoms with van der Waals surface area (Å²) in [5, 5.41) is 8.72. The van der Waals surface area contributed by atoms with Crippen LogP contribution in [0.4, 0.5) is 5.69 Å². The Hall–Kier alpha value is -2.81.